The molecule has 70 valence electrons. The monoisotopic (exact) mass is 508 g/mol. The van der Waals surface area contributed by atoms with Gasteiger partial charge in [0, 0.05) is 0 Å². The standard InChI is InChI=1S/C5H7I3N2O2/c1-2-8-9(6)4(11)3-5(12)10(8)7/h2-3H2,1H3. The summed E-state index contributed by atoms with van der Waals surface area (Å²) in [5.74, 6) is -0.0545. The summed E-state index contributed by atoms with van der Waals surface area (Å²) in [6.45, 7) is 2.02. The van der Waals surface area contributed by atoms with E-state index in [4.69, 9.17) is 0 Å². The molecule has 0 bridgehead atoms. The molecule has 4 nitrogen and oxygen atoms in total. The Kier molecular flexibility index (Phi) is 4.27. The van der Waals surface area contributed by atoms with E-state index in [0.29, 0.717) is 0 Å². The first-order valence-electron chi connectivity index (χ1n) is 3.21. The number of alkyl halides is 1. The van der Waals surface area contributed by atoms with Crippen LogP contribution in [0.3, 0.4) is 0 Å². The van der Waals surface area contributed by atoms with E-state index in [2.05, 4.69) is 0 Å². The number of amides is 2. The molecule has 1 rings (SSSR count). The maximum atomic E-state index is 11.2. The van der Waals surface area contributed by atoms with Gasteiger partial charge in [0.1, 0.15) is 0 Å². The molecule has 2 amide bonds. The summed E-state index contributed by atoms with van der Waals surface area (Å²) in [5, 5.41) is 0. The van der Waals surface area contributed by atoms with Gasteiger partial charge in [-0.2, -0.15) is 0 Å². The van der Waals surface area contributed by atoms with E-state index in [9.17, 15) is 9.59 Å². The van der Waals surface area contributed by atoms with Crippen molar-refractivity contribution in [3.8, 4) is 0 Å². The van der Waals surface area contributed by atoms with Gasteiger partial charge < -0.3 is 0 Å². The van der Waals surface area contributed by atoms with Crippen LogP contribution < -0.4 is 0 Å². The normalized spacial score (nSPS) is 22.1. The average Bonchev–Trinajstić information content (AvgIpc) is 2.02. The summed E-state index contributed by atoms with van der Waals surface area (Å²) in [6, 6.07) is 0. The quantitative estimate of drug-likeness (QED) is 0.236. The first-order valence-corrected chi connectivity index (χ1v) is 8.60. The average molecular weight is 508 g/mol. The molecule has 7 heteroatoms. The number of hydrogen-bond donors (Lipinski definition) is 0. The number of halogens is 3. The number of carbonyl (C=O) groups excluding carboxylic acids is 2. The van der Waals surface area contributed by atoms with Gasteiger partial charge in [-0.1, -0.05) is 0 Å². The maximum absolute atomic E-state index is 11.2. The van der Waals surface area contributed by atoms with Crippen LogP contribution in [0, 0.1) is 0 Å². The van der Waals surface area contributed by atoms with Crippen LogP contribution in [0.4, 0.5) is 0 Å². The van der Waals surface area contributed by atoms with Crippen LogP contribution in [0.5, 0.6) is 0 Å². The van der Waals surface area contributed by atoms with E-state index >= 15 is 0 Å². The molecule has 0 aromatic rings. The van der Waals surface area contributed by atoms with Crippen molar-refractivity contribution in [1.82, 2.24) is 2.65 Å². The molecule has 0 atom stereocenters. The molecule has 0 aromatic carbocycles. The summed E-state index contributed by atoms with van der Waals surface area (Å²) in [5.41, 5.74) is 0. The molecular weight excluding hydrogens is 501 g/mol. The number of carbonyl (C=O) groups is 2. The van der Waals surface area contributed by atoms with Gasteiger partial charge in [-0.05, 0) is 0 Å². The van der Waals surface area contributed by atoms with E-state index in [0.717, 1.165) is 4.43 Å². The molecule has 0 unspecified atom stereocenters. The number of hydrogen-bond acceptors (Lipinski definition) is 2. The fraction of sp³-hybridized carbons (Fsp3) is 0.600. The van der Waals surface area contributed by atoms with Gasteiger partial charge in [-0.15, -0.1) is 0 Å². The molecule has 0 N–H and O–H groups in total. The Morgan fingerprint density at radius 1 is 1.33 bits per heavy atom. The van der Waals surface area contributed by atoms with Crippen molar-refractivity contribution < 1.29 is 9.59 Å². The van der Waals surface area contributed by atoms with E-state index in [1.54, 1.807) is 2.65 Å². The predicted molar refractivity (Wildman–Crippen MR) is 70.9 cm³/mol. The zero-order valence-corrected chi connectivity index (χ0v) is 12.7. The first-order chi connectivity index (χ1) is 5.57. The van der Waals surface area contributed by atoms with Gasteiger partial charge >= 0.3 is 108 Å². The van der Waals surface area contributed by atoms with E-state index in [-0.39, 0.29) is 18.2 Å². The molecule has 1 saturated heterocycles. The van der Waals surface area contributed by atoms with Gasteiger partial charge in [0.25, 0.3) is 0 Å². The SMILES string of the molecule is CCI1N(I)C(=O)CC(=O)N1I. The van der Waals surface area contributed by atoms with Crippen molar-refractivity contribution in [2.24, 2.45) is 0 Å². The Morgan fingerprint density at radius 3 is 2.08 bits per heavy atom. The van der Waals surface area contributed by atoms with Crippen molar-refractivity contribution in [3.05, 3.63) is 0 Å². The summed E-state index contributed by atoms with van der Waals surface area (Å²) < 4.78 is 4.42. The predicted octanol–water partition coefficient (Wildman–Crippen LogP) is 2.10. The number of rotatable bonds is 1. The van der Waals surface area contributed by atoms with Crippen LogP contribution in [0.2, 0.25) is 0 Å². The van der Waals surface area contributed by atoms with Crippen LogP contribution in [-0.2, 0) is 9.59 Å². The van der Waals surface area contributed by atoms with E-state index in [1.807, 2.05) is 52.7 Å². The third-order valence-corrected chi connectivity index (χ3v) is 12.4. The van der Waals surface area contributed by atoms with Crippen LogP contribution in [0.15, 0.2) is 0 Å². The second-order valence-electron chi connectivity index (χ2n) is 2.01. The minimum atomic E-state index is -1.65. The van der Waals surface area contributed by atoms with Crippen LogP contribution in [0.1, 0.15) is 13.3 Å². The zero-order valence-electron chi connectivity index (χ0n) is 6.26. The van der Waals surface area contributed by atoms with Gasteiger partial charge in [0.15, 0.2) is 0 Å². The molecule has 0 aromatic heterocycles. The van der Waals surface area contributed by atoms with Crippen LogP contribution in [-0.4, -0.2) is 18.9 Å². The fourth-order valence-electron chi connectivity index (χ4n) is 0.735. The Labute approximate surface area is 106 Å². The molecule has 1 aliphatic heterocycles. The zero-order chi connectivity index (χ0) is 9.30. The molecule has 1 heterocycles. The second kappa shape index (κ2) is 4.57. The van der Waals surface area contributed by atoms with Crippen molar-refractivity contribution in [2.75, 3.05) is 4.43 Å². The Hall–Kier alpha value is 1.13. The number of nitrogens with zero attached hydrogens (tertiary/aromatic N) is 2. The van der Waals surface area contributed by atoms with Crippen molar-refractivity contribution in [1.29, 1.82) is 0 Å². The second-order valence-corrected chi connectivity index (χ2v) is 12.9. The third kappa shape index (κ3) is 2.13. The third-order valence-electron chi connectivity index (χ3n) is 1.26. The van der Waals surface area contributed by atoms with Crippen molar-refractivity contribution >= 4 is 77.9 Å². The molecule has 12 heavy (non-hydrogen) atoms. The van der Waals surface area contributed by atoms with E-state index < -0.39 is 20.4 Å². The summed E-state index contributed by atoms with van der Waals surface area (Å²) in [7, 11) is 0. The molecule has 0 saturated carbocycles. The molecule has 0 radical (unpaired) electrons. The molecule has 0 spiro atoms. The topological polar surface area (TPSA) is 40.6 Å². The Morgan fingerprint density at radius 2 is 1.75 bits per heavy atom. The summed E-state index contributed by atoms with van der Waals surface area (Å²) in [6.07, 6.45) is 0.0415. The summed E-state index contributed by atoms with van der Waals surface area (Å²) in [4.78, 5) is 22.5. The Bertz CT molecular complexity index is 203. The van der Waals surface area contributed by atoms with Gasteiger partial charge in [-0.25, -0.2) is 0 Å². The van der Waals surface area contributed by atoms with Gasteiger partial charge in [-0.3, -0.25) is 0 Å². The van der Waals surface area contributed by atoms with Crippen LogP contribution >= 0.6 is 66.1 Å². The minimum absolute atomic E-state index is 0.0273. The molecule has 0 aliphatic carbocycles. The molecule has 1 aliphatic rings. The van der Waals surface area contributed by atoms with Crippen LogP contribution in [0.25, 0.3) is 0 Å². The Balaban J connectivity index is 2.80. The molecule has 1 fully saturated rings. The van der Waals surface area contributed by atoms with Gasteiger partial charge in [0.2, 0.25) is 0 Å². The molecular formula is C5H7I3N2O2. The summed E-state index contributed by atoms with van der Waals surface area (Å²) >= 11 is 2.40. The fourth-order valence-corrected chi connectivity index (χ4v) is 11.9. The van der Waals surface area contributed by atoms with Crippen molar-refractivity contribution in [3.63, 3.8) is 0 Å². The first kappa shape index (κ1) is 11.2. The van der Waals surface area contributed by atoms with E-state index in [1.165, 1.54) is 0 Å². The van der Waals surface area contributed by atoms with Crippen molar-refractivity contribution in [2.45, 2.75) is 13.3 Å². The van der Waals surface area contributed by atoms with Gasteiger partial charge in [0.05, 0.1) is 0 Å².